The van der Waals surface area contributed by atoms with E-state index in [0.29, 0.717) is 24.4 Å². The Bertz CT molecular complexity index is 426. The Hall–Kier alpha value is -1.09. The van der Waals surface area contributed by atoms with Crippen LogP contribution < -0.4 is 5.32 Å². The molecule has 1 aliphatic carbocycles. The summed E-state index contributed by atoms with van der Waals surface area (Å²) in [4.78, 5) is 0. The highest BCUT2D eigenvalue weighted by Gasteiger charge is 2.30. The summed E-state index contributed by atoms with van der Waals surface area (Å²) < 4.78 is 13.3. The van der Waals surface area contributed by atoms with Crippen LogP contribution in [0.2, 0.25) is 0 Å². The van der Waals surface area contributed by atoms with Crippen molar-refractivity contribution in [1.82, 2.24) is 5.32 Å². The third-order valence-electron chi connectivity index (χ3n) is 4.53. The predicted molar refractivity (Wildman–Crippen MR) is 80.0 cm³/mol. The lowest BCUT2D eigenvalue weighted by molar-refractivity contribution is 0.169. The molecule has 0 aliphatic heterocycles. The van der Waals surface area contributed by atoms with Crippen LogP contribution in [0.15, 0.2) is 18.2 Å². The Morgan fingerprint density at radius 3 is 2.70 bits per heavy atom. The van der Waals surface area contributed by atoms with Gasteiger partial charge in [0.15, 0.2) is 0 Å². The molecule has 0 saturated heterocycles. The summed E-state index contributed by atoms with van der Waals surface area (Å²) in [6.45, 7) is 7.48. The first-order valence-electron chi connectivity index (χ1n) is 7.67. The Balaban J connectivity index is 1.99. The molecule has 0 amide bonds. The molecule has 1 aliphatic rings. The number of phenols is 1. The van der Waals surface area contributed by atoms with Crippen molar-refractivity contribution < 1.29 is 9.50 Å². The minimum atomic E-state index is -0.376. The van der Waals surface area contributed by atoms with E-state index in [4.69, 9.17) is 0 Å². The number of hydrogen-bond donors (Lipinski definition) is 2. The van der Waals surface area contributed by atoms with E-state index in [1.165, 1.54) is 25.3 Å². The normalized spacial score (nSPS) is 26.9. The van der Waals surface area contributed by atoms with Crippen LogP contribution in [-0.2, 0) is 6.54 Å². The highest BCUT2D eigenvalue weighted by Crippen LogP contribution is 2.33. The predicted octanol–water partition coefficient (Wildman–Crippen LogP) is 4.08. The minimum Gasteiger partial charge on any atom is -0.508 e. The molecule has 112 valence electrons. The van der Waals surface area contributed by atoms with Gasteiger partial charge in [-0.2, -0.15) is 0 Å². The van der Waals surface area contributed by atoms with Crippen molar-refractivity contribution in [2.45, 2.75) is 52.6 Å². The number of hydrogen-bond acceptors (Lipinski definition) is 2. The second kappa shape index (κ2) is 6.57. The second-order valence-corrected chi connectivity index (χ2v) is 6.63. The van der Waals surface area contributed by atoms with Crippen LogP contribution >= 0.6 is 0 Å². The van der Waals surface area contributed by atoms with Gasteiger partial charge in [0.05, 0.1) is 0 Å². The first kappa shape index (κ1) is 15.3. The van der Waals surface area contributed by atoms with Crippen molar-refractivity contribution in [1.29, 1.82) is 0 Å². The number of benzene rings is 1. The Morgan fingerprint density at radius 2 is 2.05 bits per heavy atom. The molecule has 2 nitrogen and oxygen atoms in total. The fourth-order valence-electron chi connectivity index (χ4n) is 3.42. The summed E-state index contributed by atoms with van der Waals surface area (Å²) >= 11 is 0. The van der Waals surface area contributed by atoms with E-state index >= 15 is 0 Å². The van der Waals surface area contributed by atoms with E-state index in [1.807, 2.05) is 0 Å². The lowest BCUT2D eigenvalue weighted by atomic mass is 9.74. The van der Waals surface area contributed by atoms with Crippen molar-refractivity contribution >= 4 is 0 Å². The molecule has 1 aromatic carbocycles. The van der Waals surface area contributed by atoms with Gasteiger partial charge in [-0.05, 0) is 48.3 Å². The fourth-order valence-corrected chi connectivity index (χ4v) is 3.42. The maximum absolute atomic E-state index is 13.3. The van der Waals surface area contributed by atoms with E-state index in [9.17, 15) is 9.50 Å². The summed E-state index contributed by atoms with van der Waals surface area (Å²) in [5.74, 6) is 1.73. The van der Waals surface area contributed by atoms with E-state index in [1.54, 1.807) is 6.07 Å². The van der Waals surface area contributed by atoms with Crippen molar-refractivity contribution in [2.24, 2.45) is 17.8 Å². The van der Waals surface area contributed by atoms with Crippen LogP contribution in [0.1, 0.15) is 45.6 Å². The highest BCUT2D eigenvalue weighted by molar-refractivity contribution is 5.28. The first-order valence-corrected chi connectivity index (χ1v) is 7.67. The molecule has 3 unspecified atom stereocenters. The molecule has 0 spiro atoms. The van der Waals surface area contributed by atoms with E-state index in [2.05, 4.69) is 26.1 Å². The molecule has 3 heteroatoms. The van der Waals surface area contributed by atoms with Gasteiger partial charge >= 0.3 is 0 Å². The van der Waals surface area contributed by atoms with E-state index < -0.39 is 0 Å². The first-order chi connectivity index (χ1) is 9.45. The molecule has 1 saturated carbocycles. The molecule has 0 radical (unpaired) electrons. The van der Waals surface area contributed by atoms with Gasteiger partial charge in [-0.15, -0.1) is 0 Å². The monoisotopic (exact) mass is 279 g/mol. The topological polar surface area (TPSA) is 32.3 Å². The largest absolute Gasteiger partial charge is 0.508 e. The van der Waals surface area contributed by atoms with Crippen LogP contribution in [0, 0.1) is 23.6 Å². The van der Waals surface area contributed by atoms with Crippen molar-refractivity contribution in [2.75, 3.05) is 0 Å². The zero-order valence-electron chi connectivity index (χ0n) is 12.7. The summed E-state index contributed by atoms with van der Waals surface area (Å²) in [6, 6.07) is 4.75. The average molecular weight is 279 g/mol. The van der Waals surface area contributed by atoms with Crippen molar-refractivity contribution in [3.8, 4) is 5.75 Å². The zero-order valence-corrected chi connectivity index (χ0v) is 12.7. The molecule has 3 atom stereocenters. The molecule has 1 fully saturated rings. The molecule has 20 heavy (non-hydrogen) atoms. The van der Waals surface area contributed by atoms with E-state index in [0.717, 1.165) is 17.5 Å². The lowest BCUT2D eigenvalue weighted by Gasteiger charge is -2.38. The van der Waals surface area contributed by atoms with Gasteiger partial charge in [-0.3, -0.25) is 0 Å². The zero-order chi connectivity index (χ0) is 14.7. The number of nitrogens with one attached hydrogen (secondary N) is 1. The summed E-state index contributed by atoms with van der Waals surface area (Å²) in [5, 5.41) is 13.0. The Kier molecular flexibility index (Phi) is 5.03. The molecular weight excluding hydrogens is 253 g/mol. The van der Waals surface area contributed by atoms with Gasteiger partial charge in [0.2, 0.25) is 0 Å². The van der Waals surface area contributed by atoms with Gasteiger partial charge < -0.3 is 10.4 Å². The van der Waals surface area contributed by atoms with Gasteiger partial charge in [0, 0.05) is 18.7 Å². The lowest BCUT2D eigenvalue weighted by Crippen LogP contribution is -2.42. The molecule has 1 aromatic rings. The molecule has 2 N–H and O–H groups in total. The van der Waals surface area contributed by atoms with Gasteiger partial charge in [0.1, 0.15) is 11.6 Å². The van der Waals surface area contributed by atoms with Crippen LogP contribution in [0.3, 0.4) is 0 Å². The summed E-state index contributed by atoms with van der Waals surface area (Å²) in [7, 11) is 0. The number of aromatic hydroxyl groups is 1. The summed E-state index contributed by atoms with van der Waals surface area (Å²) in [6.07, 6.45) is 3.76. The molecular formula is C17H26FNO. The number of rotatable bonds is 4. The fraction of sp³-hybridized carbons (Fsp3) is 0.647. The molecule has 0 aromatic heterocycles. The standard InChI is InChI=1S/C17H26FNO/c1-11(2)16-5-4-12(3)6-17(16)19-10-13-7-14(18)9-15(20)8-13/h7-9,11-12,16-17,19-20H,4-6,10H2,1-3H3. The van der Waals surface area contributed by atoms with Crippen molar-refractivity contribution in [3.05, 3.63) is 29.6 Å². The molecule has 0 bridgehead atoms. The third kappa shape index (κ3) is 3.95. The average Bonchev–Trinajstić information content (AvgIpc) is 2.35. The smallest absolute Gasteiger partial charge is 0.127 e. The van der Waals surface area contributed by atoms with Gasteiger partial charge in [0.25, 0.3) is 0 Å². The minimum absolute atomic E-state index is 0.000721. The van der Waals surface area contributed by atoms with Crippen molar-refractivity contribution in [3.63, 3.8) is 0 Å². The Labute approximate surface area is 121 Å². The second-order valence-electron chi connectivity index (χ2n) is 6.63. The highest BCUT2D eigenvalue weighted by atomic mass is 19.1. The SMILES string of the molecule is CC1CCC(C(C)C)C(NCc2cc(O)cc(F)c2)C1. The van der Waals surface area contributed by atoms with Gasteiger partial charge in [-0.25, -0.2) is 4.39 Å². The maximum atomic E-state index is 13.3. The summed E-state index contributed by atoms with van der Waals surface area (Å²) in [5.41, 5.74) is 0.809. The number of phenolic OH excluding ortho intramolecular Hbond substituents is 1. The van der Waals surface area contributed by atoms with Crippen LogP contribution in [0.4, 0.5) is 4.39 Å². The van der Waals surface area contributed by atoms with Crippen LogP contribution in [-0.4, -0.2) is 11.1 Å². The maximum Gasteiger partial charge on any atom is 0.127 e. The quantitative estimate of drug-likeness (QED) is 0.870. The molecule has 0 heterocycles. The molecule has 2 rings (SSSR count). The van der Waals surface area contributed by atoms with Crippen LogP contribution in [0.5, 0.6) is 5.75 Å². The third-order valence-corrected chi connectivity index (χ3v) is 4.53. The number of halogens is 1. The van der Waals surface area contributed by atoms with Crippen LogP contribution in [0.25, 0.3) is 0 Å². The van der Waals surface area contributed by atoms with Gasteiger partial charge in [-0.1, -0.05) is 27.2 Å². The Morgan fingerprint density at radius 1 is 1.30 bits per heavy atom. The van der Waals surface area contributed by atoms with E-state index in [-0.39, 0.29) is 11.6 Å².